The fourth-order valence-electron chi connectivity index (χ4n) is 2.28. The van der Waals surface area contributed by atoms with Crippen LogP contribution in [-0.4, -0.2) is 7.05 Å². The molecule has 18 heavy (non-hydrogen) atoms. The largest absolute Gasteiger partial charge is 0.313 e. The lowest BCUT2D eigenvalue weighted by Crippen LogP contribution is -2.16. The molecule has 1 nitrogen and oxygen atoms in total. The monoisotopic (exact) mass is 259 g/mol. The van der Waals surface area contributed by atoms with Crippen molar-refractivity contribution in [2.75, 3.05) is 7.05 Å². The molecule has 1 N–H and O–H groups in total. The number of unbranched alkanes of at least 4 members (excludes halogenated alkanes) is 1. The molecule has 96 valence electrons. The highest BCUT2D eigenvalue weighted by Crippen LogP contribution is 2.19. The van der Waals surface area contributed by atoms with E-state index in [2.05, 4.69) is 59.5 Å². The molecule has 2 rings (SSSR count). The summed E-state index contributed by atoms with van der Waals surface area (Å²) in [6.07, 6.45) is 4.98. The lowest BCUT2D eigenvalue weighted by molar-refractivity contribution is 0.514. The third-order valence-electron chi connectivity index (χ3n) is 3.34. The second-order valence-electron chi connectivity index (χ2n) is 4.63. The molecule has 0 aliphatic rings. The molecule has 1 atom stereocenters. The van der Waals surface area contributed by atoms with E-state index in [1.807, 2.05) is 0 Å². The maximum absolute atomic E-state index is 3.41. The van der Waals surface area contributed by atoms with Gasteiger partial charge in [0.05, 0.1) is 0 Å². The van der Waals surface area contributed by atoms with Gasteiger partial charge in [0, 0.05) is 6.04 Å². The molecule has 2 aromatic rings. The summed E-state index contributed by atoms with van der Waals surface area (Å²) in [5, 5.41) is 7.83. The van der Waals surface area contributed by atoms with Crippen LogP contribution in [0, 0.1) is 0 Å². The summed E-state index contributed by atoms with van der Waals surface area (Å²) in [6, 6.07) is 13.5. The van der Waals surface area contributed by atoms with Gasteiger partial charge in [0.25, 0.3) is 0 Å². The van der Waals surface area contributed by atoms with Crippen LogP contribution in [0.1, 0.15) is 36.4 Å². The Morgan fingerprint density at radius 1 is 1.11 bits per heavy atom. The Morgan fingerprint density at radius 2 is 1.94 bits per heavy atom. The minimum Gasteiger partial charge on any atom is -0.313 e. The van der Waals surface area contributed by atoms with E-state index >= 15 is 0 Å². The molecule has 1 aromatic heterocycles. The van der Waals surface area contributed by atoms with Crippen LogP contribution in [0.2, 0.25) is 0 Å². The van der Waals surface area contributed by atoms with Crippen LogP contribution < -0.4 is 5.32 Å². The SMILES string of the molecule is CNC(CCCCc1ccsc1)c1ccccc1. The van der Waals surface area contributed by atoms with E-state index in [-0.39, 0.29) is 0 Å². The van der Waals surface area contributed by atoms with Gasteiger partial charge in [-0.1, -0.05) is 36.8 Å². The van der Waals surface area contributed by atoms with Gasteiger partial charge in [-0.25, -0.2) is 0 Å². The molecule has 1 unspecified atom stereocenters. The van der Waals surface area contributed by atoms with Crippen LogP contribution >= 0.6 is 11.3 Å². The topological polar surface area (TPSA) is 12.0 Å². The minimum absolute atomic E-state index is 0.494. The van der Waals surface area contributed by atoms with Gasteiger partial charge < -0.3 is 5.32 Å². The first-order valence-electron chi connectivity index (χ1n) is 6.63. The summed E-state index contributed by atoms with van der Waals surface area (Å²) in [6.45, 7) is 0. The predicted molar refractivity (Wildman–Crippen MR) is 80.1 cm³/mol. The average Bonchev–Trinajstić information content (AvgIpc) is 2.93. The molecule has 0 bridgehead atoms. The number of rotatable bonds is 7. The fraction of sp³-hybridized carbons (Fsp3) is 0.375. The molecule has 0 saturated carbocycles. The normalized spacial score (nSPS) is 12.5. The van der Waals surface area contributed by atoms with Gasteiger partial charge in [-0.15, -0.1) is 0 Å². The van der Waals surface area contributed by atoms with E-state index in [1.165, 1.54) is 36.8 Å². The third kappa shape index (κ3) is 3.97. The van der Waals surface area contributed by atoms with Crippen molar-refractivity contribution in [1.82, 2.24) is 5.32 Å². The Hall–Kier alpha value is -1.12. The highest BCUT2D eigenvalue weighted by molar-refractivity contribution is 7.07. The second-order valence-corrected chi connectivity index (χ2v) is 5.41. The summed E-state index contributed by atoms with van der Waals surface area (Å²) in [5.41, 5.74) is 2.89. The van der Waals surface area contributed by atoms with Gasteiger partial charge in [-0.2, -0.15) is 11.3 Å². The van der Waals surface area contributed by atoms with Crippen LogP contribution in [0.15, 0.2) is 47.2 Å². The Bertz CT molecular complexity index is 422. The molecule has 0 spiro atoms. The Balaban J connectivity index is 1.74. The van der Waals surface area contributed by atoms with Gasteiger partial charge >= 0.3 is 0 Å². The van der Waals surface area contributed by atoms with Gasteiger partial charge in [0.2, 0.25) is 0 Å². The number of nitrogens with one attached hydrogen (secondary N) is 1. The van der Waals surface area contributed by atoms with Gasteiger partial charge in [0.1, 0.15) is 0 Å². The maximum atomic E-state index is 3.41. The number of hydrogen-bond donors (Lipinski definition) is 1. The smallest absolute Gasteiger partial charge is 0.0317 e. The number of thiophene rings is 1. The van der Waals surface area contributed by atoms with Gasteiger partial charge in [0.15, 0.2) is 0 Å². The molecule has 0 amide bonds. The number of benzene rings is 1. The molecule has 0 saturated heterocycles. The van der Waals surface area contributed by atoms with E-state index in [9.17, 15) is 0 Å². The van der Waals surface area contributed by atoms with Gasteiger partial charge in [-0.05, 0) is 54.3 Å². The Morgan fingerprint density at radius 3 is 2.61 bits per heavy atom. The minimum atomic E-state index is 0.494. The van der Waals surface area contributed by atoms with Crippen molar-refractivity contribution in [3.05, 3.63) is 58.3 Å². The Kier molecular flexibility index (Phi) is 5.43. The van der Waals surface area contributed by atoms with Crippen molar-refractivity contribution in [3.63, 3.8) is 0 Å². The first-order chi connectivity index (χ1) is 8.90. The zero-order valence-corrected chi connectivity index (χ0v) is 11.7. The molecular formula is C16H21NS. The molecule has 0 fully saturated rings. The van der Waals surface area contributed by atoms with Crippen LogP contribution in [0.4, 0.5) is 0 Å². The van der Waals surface area contributed by atoms with Crippen LogP contribution in [0.25, 0.3) is 0 Å². The standard InChI is InChI=1S/C16H21NS/c1-17-16(15-8-3-2-4-9-15)10-6-5-7-14-11-12-18-13-14/h2-4,8-9,11-13,16-17H,5-7,10H2,1H3. The molecule has 2 heteroatoms. The van der Waals surface area contributed by atoms with Crippen molar-refractivity contribution in [3.8, 4) is 0 Å². The van der Waals surface area contributed by atoms with E-state index in [1.54, 1.807) is 11.3 Å². The molecule has 1 heterocycles. The lowest BCUT2D eigenvalue weighted by atomic mass is 10.00. The second kappa shape index (κ2) is 7.34. The number of aryl methyl sites for hydroxylation is 1. The highest BCUT2D eigenvalue weighted by atomic mass is 32.1. The third-order valence-corrected chi connectivity index (χ3v) is 4.07. The predicted octanol–water partition coefficient (Wildman–Crippen LogP) is 4.42. The molecule has 1 aromatic carbocycles. The molecule has 0 aliphatic heterocycles. The zero-order chi connectivity index (χ0) is 12.6. The summed E-state index contributed by atoms with van der Waals surface area (Å²) < 4.78 is 0. The quantitative estimate of drug-likeness (QED) is 0.726. The van der Waals surface area contributed by atoms with Crippen molar-refractivity contribution in [2.45, 2.75) is 31.7 Å². The van der Waals surface area contributed by atoms with Crippen molar-refractivity contribution in [2.24, 2.45) is 0 Å². The van der Waals surface area contributed by atoms with Crippen LogP contribution in [0.3, 0.4) is 0 Å². The van der Waals surface area contributed by atoms with E-state index in [0.717, 1.165) is 0 Å². The van der Waals surface area contributed by atoms with Crippen molar-refractivity contribution < 1.29 is 0 Å². The van der Waals surface area contributed by atoms with Crippen molar-refractivity contribution in [1.29, 1.82) is 0 Å². The lowest BCUT2D eigenvalue weighted by Gasteiger charge is -2.16. The number of hydrogen-bond acceptors (Lipinski definition) is 2. The zero-order valence-electron chi connectivity index (χ0n) is 10.9. The fourth-order valence-corrected chi connectivity index (χ4v) is 2.98. The molecular weight excluding hydrogens is 238 g/mol. The van der Waals surface area contributed by atoms with Crippen molar-refractivity contribution >= 4 is 11.3 Å². The summed E-state index contributed by atoms with van der Waals surface area (Å²) >= 11 is 1.79. The summed E-state index contributed by atoms with van der Waals surface area (Å²) in [5.74, 6) is 0. The Labute approximate surface area is 114 Å². The van der Waals surface area contributed by atoms with Crippen LogP contribution in [-0.2, 0) is 6.42 Å². The van der Waals surface area contributed by atoms with E-state index in [0.29, 0.717) is 6.04 Å². The van der Waals surface area contributed by atoms with Gasteiger partial charge in [-0.3, -0.25) is 0 Å². The summed E-state index contributed by atoms with van der Waals surface area (Å²) in [4.78, 5) is 0. The van der Waals surface area contributed by atoms with E-state index < -0.39 is 0 Å². The first kappa shape index (κ1) is 13.3. The molecule has 0 aliphatic carbocycles. The molecule has 0 radical (unpaired) electrons. The average molecular weight is 259 g/mol. The highest BCUT2D eigenvalue weighted by Gasteiger charge is 2.07. The van der Waals surface area contributed by atoms with Crippen LogP contribution in [0.5, 0.6) is 0 Å². The summed E-state index contributed by atoms with van der Waals surface area (Å²) in [7, 11) is 2.05. The maximum Gasteiger partial charge on any atom is 0.0317 e. The first-order valence-corrected chi connectivity index (χ1v) is 7.57. The van der Waals surface area contributed by atoms with E-state index in [4.69, 9.17) is 0 Å².